The molecule has 2 heterocycles. The predicted molar refractivity (Wildman–Crippen MR) is 142 cm³/mol. The highest BCUT2D eigenvalue weighted by atomic mass is 32.2. The van der Waals surface area contributed by atoms with Gasteiger partial charge in [0.25, 0.3) is 0 Å². The summed E-state index contributed by atoms with van der Waals surface area (Å²) in [5.41, 5.74) is 1.31. The minimum Gasteiger partial charge on any atom is -0.495 e. The molecule has 4 rings (SSSR count). The molecule has 4 N–H and O–H groups in total. The molecule has 0 aromatic heterocycles. The third-order valence-corrected chi connectivity index (χ3v) is 7.71. The van der Waals surface area contributed by atoms with E-state index in [2.05, 4.69) is 22.5 Å². The van der Waals surface area contributed by atoms with Crippen LogP contribution in [-0.2, 0) is 14.8 Å². The molecule has 1 aromatic carbocycles. The number of nitrogens with one attached hydrogen (secondary N) is 2. The molecule has 1 aliphatic carbocycles. The van der Waals surface area contributed by atoms with Crippen LogP contribution in [0.15, 0.2) is 58.8 Å². The van der Waals surface area contributed by atoms with Crippen LogP contribution < -0.4 is 20.5 Å². The molecule has 5 atom stereocenters. The van der Waals surface area contributed by atoms with Crippen molar-refractivity contribution in [2.24, 2.45) is 11.1 Å². The van der Waals surface area contributed by atoms with Gasteiger partial charge in [0.2, 0.25) is 10.0 Å². The molecule has 8 nitrogen and oxygen atoms in total. The van der Waals surface area contributed by atoms with Gasteiger partial charge in [0.05, 0.1) is 42.1 Å². The first kappa shape index (κ1) is 29.0. The second kappa shape index (κ2) is 11.6. The minimum atomic E-state index is -4.41. The summed E-state index contributed by atoms with van der Waals surface area (Å²) in [6.07, 6.45) is 4.75. The fraction of sp³-hybridized carbons (Fsp3) is 0.481. The normalized spacial score (nSPS) is 26.7. The standard InChI is InChI=1S/C27H33F3N4O4S/c1-17-12-19(13-18(2)38-17)33-23-7-4-8-25-22(23)14-20(34(25)16-27(28,29)30)6-5-11-32-24-10-9-21(39(31,35)36)15-26(24)37-3/h4,7-10,14-15,17-19,22-23,32-33H,11-13,16H2,1-3H3,(H2,31,35,36)/t17-,18+,19?,22?,23?. The van der Waals surface area contributed by atoms with Crippen LogP contribution in [0.1, 0.15) is 26.7 Å². The van der Waals surface area contributed by atoms with Crippen LogP contribution in [0.4, 0.5) is 18.9 Å². The molecule has 0 bridgehead atoms. The van der Waals surface area contributed by atoms with E-state index in [0.29, 0.717) is 11.4 Å². The Balaban J connectivity index is 1.51. The summed E-state index contributed by atoms with van der Waals surface area (Å²) in [5.74, 6) is 5.74. The lowest BCUT2D eigenvalue weighted by Gasteiger charge is -2.37. The Labute approximate surface area is 227 Å². The van der Waals surface area contributed by atoms with Crippen molar-refractivity contribution in [3.8, 4) is 17.6 Å². The maximum atomic E-state index is 13.5. The first-order chi connectivity index (χ1) is 18.3. The summed E-state index contributed by atoms with van der Waals surface area (Å²) in [7, 11) is -2.52. The first-order valence-electron chi connectivity index (χ1n) is 12.6. The second-order valence-electron chi connectivity index (χ2n) is 9.94. The number of halogens is 3. The first-order valence-corrected chi connectivity index (χ1v) is 14.2. The van der Waals surface area contributed by atoms with E-state index >= 15 is 0 Å². The summed E-state index contributed by atoms with van der Waals surface area (Å²) < 4.78 is 74.8. The van der Waals surface area contributed by atoms with Gasteiger partial charge in [0.1, 0.15) is 12.3 Å². The number of methoxy groups -OCH3 is 1. The van der Waals surface area contributed by atoms with Crippen molar-refractivity contribution >= 4 is 15.7 Å². The Morgan fingerprint density at radius 1 is 1.23 bits per heavy atom. The van der Waals surface area contributed by atoms with E-state index in [9.17, 15) is 21.6 Å². The molecule has 2 aliphatic heterocycles. The summed E-state index contributed by atoms with van der Waals surface area (Å²) in [6, 6.07) is 4.13. The van der Waals surface area contributed by atoms with Crippen LogP contribution in [0.5, 0.6) is 5.75 Å². The van der Waals surface area contributed by atoms with Gasteiger partial charge in [-0.25, -0.2) is 13.6 Å². The number of nitrogens with two attached hydrogens (primary N) is 1. The number of allylic oxidation sites excluding steroid dienone is 3. The van der Waals surface area contributed by atoms with Gasteiger partial charge in [-0.1, -0.05) is 18.1 Å². The van der Waals surface area contributed by atoms with Crippen molar-refractivity contribution in [1.29, 1.82) is 0 Å². The lowest BCUT2D eigenvalue weighted by atomic mass is 9.90. The highest BCUT2D eigenvalue weighted by Crippen LogP contribution is 2.38. The van der Waals surface area contributed by atoms with E-state index in [1.54, 1.807) is 18.2 Å². The topological polar surface area (TPSA) is 106 Å². The Kier molecular flexibility index (Phi) is 8.66. The molecule has 1 aromatic rings. The van der Waals surface area contributed by atoms with E-state index < -0.39 is 22.7 Å². The third-order valence-electron chi connectivity index (χ3n) is 6.80. The van der Waals surface area contributed by atoms with Crippen LogP contribution in [0, 0.1) is 17.8 Å². The summed E-state index contributed by atoms with van der Waals surface area (Å²) in [6.45, 7) is 3.00. The Morgan fingerprint density at radius 2 is 1.95 bits per heavy atom. The van der Waals surface area contributed by atoms with Crippen LogP contribution in [0.25, 0.3) is 0 Å². The van der Waals surface area contributed by atoms with Crippen molar-refractivity contribution in [3.63, 3.8) is 0 Å². The predicted octanol–water partition coefficient (Wildman–Crippen LogP) is 3.50. The number of nitrogens with zero attached hydrogens (tertiary/aromatic N) is 1. The van der Waals surface area contributed by atoms with Gasteiger partial charge in [-0.3, -0.25) is 0 Å². The van der Waals surface area contributed by atoms with E-state index in [1.807, 2.05) is 19.9 Å². The van der Waals surface area contributed by atoms with Crippen molar-refractivity contribution < 1.29 is 31.1 Å². The monoisotopic (exact) mass is 566 g/mol. The number of fused-ring (bicyclic) bond motifs is 1. The molecule has 0 spiro atoms. The van der Waals surface area contributed by atoms with Crippen LogP contribution >= 0.6 is 0 Å². The van der Waals surface area contributed by atoms with E-state index in [0.717, 1.165) is 12.8 Å². The lowest BCUT2D eigenvalue weighted by Crippen LogP contribution is -2.48. The molecular weight excluding hydrogens is 533 g/mol. The number of benzene rings is 1. The molecule has 1 fully saturated rings. The Morgan fingerprint density at radius 3 is 2.59 bits per heavy atom. The van der Waals surface area contributed by atoms with Gasteiger partial charge in [-0.15, -0.1) is 0 Å². The molecule has 12 heteroatoms. The number of primary sulfonamides is 1. The molecule has 0 amide bonds. The number of ether oxygens (including phenoxy) is 2. The van der Waals surface area contributed by atoms with E-state index in [-0.39, 0.29) is 53.1 Å². The lowest BCUT2D eigenvalue weighted by molar-refractivity contribution is -0.137. The van der Waals surface area contributed by atoms with Gasteiger partial charge >= 0.3 is 6.18 Å². The summed E-state index contributed by atoms with van der Waals surface area (Å²) >= 11 is 0. The average molecular weight is 567 g/mol. The van der Waals surface area contributed by atoms with Crippen LogP contribution in [-0.4, -0.2) is 64.0 Å². The molecule has 0 radical (unpaired) electrons. The summed E-state index contributed by atoms with van der Waals surface area (Å²) in [4.78, 5) is 1.12. The molecule has 0 saturated carbocycles. The highest BCUT2D eigenvalue weighted by Gasteiger charge is 2.41. The fourth-order valence-electron chi connectivity index (χ4n) is 5.25. The minimum absolute atomic E-state index is 0.0871. The maximum absolute atomic E-state index is 13.5. The molecule has 3 aliphatic rings. The average Bonchev–Trinajstić information content (AvgIpc) is 3.17. The number of alkyl halides is 3. The SMILES string of the molecule is COc1cc(S(N)(=O)=O)ccc1NCC#CC1=CC2C(=CC=CC2NC2C[C@@H](C)O[C@@H](C)C2)N1CC(F)(F)F. The van der Waals surface area contributed by atoms with Gasteiger partial charge in [-0.2, -0.15) is 13.2 Å². The number of hydrogen-bond donors (Lipinski definition) is 3. The Bertz CT molecular complexity index is 1320. The maximum Gasteiger partial charge on any atom is 0.406 e. The molecular formula is C27H33F3N4O4S. The zero-order valence-electron chi connectivity index (χ0n) is 22.0. The number of sulfonamides is 1. The molecule has 212 valence electrons. The van der Waals surface area contributed by atoms with Gasteiger partial charge in [0.15, 0.2) is 0 Å². The van der Waals surface area contributed by atoms with Crippen LogP contribution in [0.3, 0.4) is 0 Å². The van der Waals surface area contributed by atoms with Gasteiger partial charge in [0, 0.05) is 29.8 Å². The zero-order valence-corrected chi connectivity index (χ0v) is 22.8. The van der Waals surface area contributed by atoms with Crippen molar-refractivity contribution in [2.45, 2.75) is 62.1 Å². The molecule has 1 saturated heterocycles. The number of rotatable bonds is 7. The van der Waals surface area contributed by atoms with Crippen molar-refractivity contribution in [1.82, 2.24) is 10.2 Å². The van der Waals surface area contributed by atoms with Crippen molar-refractivity contribution in [2.75, 3.05) is 25.5 Å². The fourth-order valence-corrected chi connectivity index (χ4v) is 5.78. The van der Waals surface area contributed by atoms with Gasteiger partial charge in [-0.05, 0) is 56.9 Å². The van der Waals surface area contributed by atoms with Gasteiger partial charge < -0.3 is 25.0 Å². The molecule has 39 heavy (non-hydrogen) atoms. The van der Waals surface area contributed by atoms with E-state index in [1.165, 1.54) is 30.2 Å². The molecule has 3 unspecified atom stereocenters. The highest BCUT2D eigenvalue weighted by molar-refractivity contribution is 7.89. The smallest absolute Gasteiger partial charge is 0.406 e. The van der Waals surface area contributed by atoms with E-state index in [4.69, 9.17) is 14.6 Å². The van der Waals surface area contributed by atoms with Crippen LogP contribution in [0.2, 0.25) is 0 Å². The second-order valence-corrected chi connectivity index (χ2v) is 11.5. The zero-order chi connectivity index (χ0) is 28.4. The quantitative estimate of drug-likeness (QED) is 0.434. The Hall–Kier alpha value is -2.98. The summed E-state index contributed by atoms with van der Waals surface area (Å²) in [5, 5.41) is 11.8. The number of hydrogen-bond acceptors (Lipinski definition) is 7. The number of anilines is 1. The third kappa shape index (κ3) is 7.36. The van der Waals surface area contributed by atoms with Crippen molar-refractivity contribution in [3.05, 3.63) is 53.9 Å². The largest absolute Gasteiger partial charge is 0.495 e.